The molecule has 1 N–H and O–H groups in total. The minimum absolute atomic E-state index is 0.0577. The molecule has 1 aromatic heterocycles. The van der Waals surface area contributed by atoms with Crippen LogP contribution < -0.4 is 4.90 Å². The fraction of sp³-hybridized carbons (Fsp3) is 0.609. The van der Waals surface area contributed by atoms with E-state index >= 15 is 0 Å². The summed E-state index contributed by atoms with van der Waals surface area (Å²) in [5.74, 6) is 0.137. The van der Waals surface area contributed by atoms with Crippen molar-refractivity contribution in [1.82, 2.24) is 9.88 Å². The maximum atomic E-state index is 13.2. The van der Waals surface area contributed by atoms with Crippen LogP contribution in [-0.2, 0) is 9.53 Å². The van der Waals surface area contributed by atoms with E-state index in [9.17, 15) is 9.59 Å². The van der Waals surface area contributed by atoms with Gasteiger partial charge in [-0.2, -0.15) is 0 Å². The van der Waals surface area contributed by atoms with Gasteiger partial charge in [-0.1, -0.05) is 49.3 Å². The van der Waals surface area contributed by atoms with Crippen molar-refractivity contribution in [1.29, 1.82) is 0 Å². The molecule has 7 nitrogen and oxygen atoms in total. The van der Waals surface area contributed by atoms with E-state index in [1.54, 1.807) is 23.2 Å². The first-order valence-corrected chi connectivity index (χ1v) is 12.1. The number of pyridine rings is 1. The predicted molar refractivity (Wildman–Crippen MR) is 131 cm³/mol. The van der Waals surface area contributed by atoms with Crippen LogP contribution in [0.25, 0.3) is 6.08 Å². The molecule has 31 heavy (non-hydrogen) atoms. The number of anilines is 1. The lowest BCUT2D eigenvalue weighted by Gasteiger charge is -2.34. The first kappa shape index (κ1) is 25.6. The number of hydrogen-bond acceptors (Lipinski definition) is 5. The lowest BCUT2D eigenvalue weighted by molar-refractivity contribution is -0.131. The summed E-state index contributed by atoms with van der Waals surface area (Å²) in [6.07, 6.45) is 6.83. The van der Waals surface area contributed by atoms with Crippen LogP contribution in [0.2, 0.25) is 0 Å². The highest BCUT2D eigenvalue weighted by Crippen LogP contribution is 2.33. The van der Waals surface area contributed by atoms with Gasteiger partial charge >= 0.3 is 12.1 Å². The molecular formula is C23H34IN3O4. The first-order chi connectivity index (χ1) is 14.6. The second kappa shape index (κ2) is 11.3. The Kier molecular flexibility index (Phi) is 9.29. The predicted octanol–water partition coefficient (Wildman–Crippen LogP) is 5.19. The van der Waals surface area contributed by atoms with Crippen molar-refractivity contribution in [2.75, 3.05) is 18.0 Å². The molecule has 2 heterocycles. The molecule has 0 saturated carbocycles. The number of aliphatic carboxylic acids is 1. The third-order valence-corrected chi connectivity index (χ3v) is 7.00. The van der Waals surface area contributed by atoms with E-state index in [4.69, 9.17) is 9.84 Å². The molecule has 0 spiro atoms. The number of ether oxygens (including phenoxy) is 1. The van der Waals surface area contributed by atoms with Crippen LogP contribution in [0.1, 0.15) is 59.4 Å². The fourth-order valence-electron chi connectivity index (χ4n) is 3.64. The first-order valence-electron chi connectivity index (χ1n) is 10.8. The van der Waals surface area contributed by atoms with E-state index < -0.39 is 17.7 Å². The molecule has 0 bridgehead atoms. The molecule has 172 valence electrons. The molecule has 2 rings (SSSR count). The molecule has 1 amide bonds. The van der Waals surface area contributed by atoms with Crippen LogP contribution in [-0.4, -0.2) is 55.8 Å². The van der Waals surface area contributed by atoms with Crippen LogP contribution in [0.4, 0.5) is 10.6 Å². The number of alkyl halides is 1. The quantitative estimate of drug-likeness (QED) is 0.210. The van der Waals surface area contributed by atoms with Crippen molar-refractivity contribution in [3.8, 4) is 0 Å². The van der Waals surface area contributed by atoms with Gasteiger partial charge in [-0.05, 0) is 56.9 Å². The molecule has 1 aliphatic rings. The van der Waals surface area contributed by atoms with Gasteiger partial charge in [-0.15, -0.1) is 0 Å². The lowest BCUT2D eigenvalue weighted by atomic mass is 10.0. The minimum Gasteiger partial charge on any atom is -0.478 e. The smallest absolute Gasteiger partial charge is 0.416 e. The Bertz CT molecular complexity index is 772. The molecule has 1 fully saturated rings. The van der Waals surface area contributed by atoms with Crippen LogP contribution in [0.3, 0.4) is 0 Å². The van der Waals surface area contributed by atoms with Crippen molar-refractivity contribution in [2.24, 2.45) is 5.92 Å². The number of rotatable bonds is 8. The number of hydrogen-bond donors (Lipinski definition) is 1. The Balaban J connectivity index is 2.29. The SMILES string of the molecule is CCC(CC)CN1CC[C@@H](N(C(=O)OC(C)(C)C)c2ccc(C=CC(=O)O)cn2)C1I. The van der Waals surface area contributed by atoms with Crippen LogP contribution in [0.15, 0.2) is 24.4 Å². The second-order valence-electron chi connectivity index (χ2n) is 8.88. The maximum absolute atomic E-state index is 13.2. The molecule has 0 aromatic carbocycles. The molecule has 8 heteroatoms. The van der Waals surface area contributed by atoms with Crippen LogP contribution in [0.5, 0.6) is 0 Å². The number of likely N-dealkylation sites (tertiary alicyclic amines) is 1. The number of carbonyl (C=O) groups excluding carboxylic acids is 1. The number of amides is 1. The minimum atomic E-state index is -1.02. The summed E-state index contributed by atoms with van der Waals surface area (Å²) in [6.45, 7) is 11.9. The second-order valence-corrected chi connectivity index (χ2v) is 10.2. The van der Waals surface area contributed by atoms with Crippen molar-refractivity contribution >= 4 is 46.5 Å². The summed E-state index contributed by atoms with van der Waals surface area (Å²) < 4.78 is 5.87. The van der Waals surface area contributed by atoms with Crippen LogP contribution >= 0.6 is 22.6 Å². The van der Waals surface area contributed by atoms with Gasteiger partial charge in [0.1, 0.15) is 11.4 Å². The third-order valence-electron chi connectivity index (χ3n) is 5.38. The zero-order valence-corrected chi connectivity index (χ0v) is 21.2. The fourth-order valence-corrected chi connectivity index (χ4v) is 4.83. The molecule has 1 aliphatic heterocycles. The van der Waals surface area contributed by atoms with E-state index in [0.29, 0.717) is 17.3 Å². The van der Waals surface area contributed by atoms with Gasteiger partial charge in [-0.3, -0.25) is 9.80 Å². The summed E-state index contributed by atoms with van der Waals surface area (Å²) in [4.78, 5) is 32.5. The van der Waals surface area contributed by atoms with E-state index in [-0.39, 0.29) is 10.1 Å². The third kappa shape index (κ3) is 7.45. The highest BCUT2D eigenvalue weighted by atomic mass is 127. The molecule has 0 aliphatic carbocycles. The summed E-state index contributed by atoms with van der Waals surface area (Å²) in [6, 6.07) is 3.45. The number of halogens is 1. The summed E-state index contributed by atoms with van der Waals surface area (Å²) in [5.41, 5.74) is 0.0387. The van der Waals surface area contributed by atoms with E-state index in [1.165, 1.54) is 6.08 Å². The molecule has 1 saturated heterocycles. The highest BCUT2D eigenvalue weighted by Gasteiger charge is 2.41. The Morgan fingerprint density at radius 3 is 2.55 bits per heavy atom. The molecule has 0 radical (unpaired) electrons. The number of carbonyl (C=O) groups is 2. The number of aromatic nitrogens is 1. The zero-order chi connectivity index (χ0) is 23.2. The van der Waals surface area contributed by atoms with Gasteiger partial charge in [0.25, 0.3) is 0 Å². The Morgan fingerprint density at radius 2 is 2.03 bits per heavy atom. The van der Waals surface area contributed by atoms with E-state index in [2.05, 4.69) is 46.3 Å². The zero-order valence-electron chi connectivity index (χ0n) is 19.0. The topological polar surface area (TPSA) is 83.0 Å². The van der Waals surface area contributed by atoms with Gasteiger partial charge in [0.05, 0.1) is 10.1 Å². The van der Waals surface area contributed by atoms with Crippen molar-refractivity contribution in [3.63, 3.8) is 0 Å². The monoisotopic (exact) mass is 543 g/mol. The normalized spacial score (nSPS) is 19.8. The molecule has 1 aromatic rings. The average molecular weight is 543 g/mol. The Hall–Kier alpha value is -1.68. The van der Waals surface area contributed by atoms with Crippen molar-refractivity contribution in [3.05, 3.63) is 30.0 Å². The van der Waals surface area contributed by atoms with Crippen molar-refractivity contribution < 1.29 is 19.4 Å². The van der Waals surface area contributed by atoms with Gasteiger partial charge in [-0.25, -0.2) is 14.6 Å². The average Bonchev–Trinajstić information content (AvgIpc) is 3.04. The van der Waals surface area contributed by atoms with E-state index in [0.717, 1.165) is 38.4 Å². The van der Waals surface area contributed by atoms with Crippen LogP contribution in [0, 0.1) is 5.92 Å². The summed E-state index contributed by atoms with van der Waals surface area (Å²) >= 11 is 2.43. The van der Waals surface area contributed by atoms with Gasteiger partial charge < -0.3 is 9.84 Å². The van der Waals surface area contributed by atoms with Crippen molar-refractivity contribution in [2.45, 2.75) is 69.6 Å². The summed E-state index contributed by atoms with van der Waals surface area (Å²) in [5, 5.41) is 8.81. The maximum Gasteiger partial charge on any atom is 0.416 e. The lowest BCUT2D eigenvalue weighted by Crippen LogP contribution is -2.48. The van der Waals surface area contributed by atoms with Gasteiger partial charge in [0, 0.05) is 25.4 Å². The molecular weight excluding hydrogens is 509 g/mol. The number of nitrogens with zero attached hydrogens (tertiary/aromatic N) is 3. The summed E-state index contributed by atoms with van der Waals surface area (Å²) in [7, 11) is 0. The number of carboxylic acids is 1. The standard InChI is InChI=1S/C23H34IN3O4/c1-6-16(7-2)15-26-13-12-18(21(26)24)27(22(30)31-23(3,4)5)19-10-8-17(14-25-19)9-11-20(28)29/h8-11,14,16,18,21H,6-7,12-13,15H2,1-5H3,(H,28,29)/t18-,21?/m1/s1. The number of carboxylic acid groups (broad SMARTS) is 1. The van der Waals surface area contributed by atoms with E-state index in [1.807, 2.05) is 20.8 Å². The van der Waals surface area contributed by atoms with Gasteiger partial charge in [0.2, 0.25) is 0 Å². The molecule has 2 atom stereocenters. The highest BCUT2D eigenvalue weighted by molar-refractivity contribution is 14.1. The Morgan fingerprint density at radius 1 is 1.35 bits per heavy atom. The largest absolute Gasteiger partial charge is 0.478 e. The Labute approximate surface area is 199 Å². The van der Waals surface area contributed by atoms with Gasteiger partial charge in [0.15, 0.2) is 0 Å². The molecule has 1 unspecified atom stereocenters.